The molecule has 0 aromatic carbocycles. The fourth-order valence-corrected chi connectivity index (χ4v) is 3.10. The average Bonchev–Trinajstić information content (AvgIpc) is 2.91. The number of nitrogens with zero attached hydrogens (tertiary/aromatic N) is 2. The summed E-state index contributed by atoms with van der Waals surface area (Å²) in [6.45, 7) is 8.14. The Morgan fingerprint density at radius 3 is 2.54 bits per heavy atom. The molecule has 0 spiro atoms. The van der Waals surface area contributed by atoms with Crippen molar-refractivity contribution in [3.63, 3.8) is 0 Å². The maximum absolute atomic E-state index is 11.8. The molecule has 1 rings (SSSR count). The molecule has 0 amide bonds. The van der Waals surface area contributed by atoms with E-state index in [-0.39, 0.29) is 54.1 Å². The van der Waals surface area contributed by atoms with E-state index in [4.69, 9.17) is 4.74 Å². The molecule has 0 radical (unpaired) electrons. The summed E-state index contributed by atoms with van der Waals surface area (Å²) in [5, 5.41) is 3.18. The van der Waals surface area contributed by atoms with E-state index in [2.05, 4.69) is 15.0 Å². The molecule has 1 fully saturated rings. The van der Waals surface area contributed by atoms with Gasteiger partial charge in [0, 0.05) is 26.2 Å². The zero-order chi connectivity index (χ0) is 17.5. The molecule has 0 aliphatic carbocycles. The summed E-state index contributed by atoms with van der Waals surface area (Å²) in [7, 11) is -1.80. The Morgan fingerprint density at radius 1 is 1.33 bits per heavy atom. The smallest absolute Gasteiger partial charge is 0.310 e. The minimum atomic E-state index is -3.20. The number of guanidine groups is 1. The molecule has 0 aromatic rings. The number of likely N-dealkylation sites (tertiary alicyclic amines) is 1. The first kappa shape index (κ1) is 23.4. The highest BCUT2D eigenvalue weighted by atomic mass is 127. The first-order valence-electron chi connectivity index (χ1n) is 7.93. The summed E-state index contributed by atoms with van der Waals surface area (Å²) >= 11 is 0. The zero-order valence-electron chi connectivity index (χ0n) is 14.7. The van der Waals surface area contributed by atoms with Crippen LogP contribution in [0.1, 0.15) is 20.8 Å². The third-order valence-electron chi connectivity index (χ3n) is 3.83. The number of carbonyl (C=O) groups is 1. The van der Waals surface area contributed by atoms with Gasteiger partial charge in [0.15, 0.2) is 5.96 Å². The molecule has 2 N–H and O–H groups in total. The monoisotopic (exact) mass is 476 g/mol. The minimum absolute atomic E-state index is 0. The van der Waals surface area contributed by atoms with Crippen LogP contribution in [0.25, 0.3) is 0 Å². The van der Waals surface area contributed by atoms with Crippen molar-refractivity contribution >= 4 is 45.9 Å². The standard InChI is InChI=1S/C14H28N4O4S.HI/c1-5-15-14(16-7-8-17-23(20,21)6-2)18-9-11(3)12(10-18)13(19)22-4;/h11-12,17H,5-10H2,1-4H3,(H,15,16);1H. The maximum Gasteiger partial charge on any atom is 0.310 e. The van der Waals surface area contributed by atoms with Crippen molar-refractivity contribution in [2.75, 3.05) is 45.6 Å². The van der Waals surface area contributed by atoms with Crippen molar-refractivity contribution in [1.29, 1.82) is 0 Å². The maximum atomic E-state index is 11.8. The first-order valence-corrected chi connectivity index (χ1v) is 9.58. The number of hydrogen-bond donors (Lipinski definition) is 2. The van der Waals surface area contributed by atoms with Gasteiger partial charge in [-0.3, -0.25) is 9.79 Å². The lowest BCUT2D eigenvalue weighted by Gasteiger charge is -2.21. The van der Waals surface area contributed by atoms with Gasteiger partial charge in [-0.1, -0.05) is 6.92 Å². The lowest BCUT2D eigenvalue weighted by molar-refractivity contribution is -0.145. The molecule has 2 atom stereocenters. The quantitative estimate of drug-likeness (QED) is 0.180. The predicted octanol–water partition coefficient (Wildman–Crippen LogP) is 0.250. The van der Waals surface area contributed by atoms with Crippen LogP contribution in [0.3, 0.4) is 0 Å². The van der Waals surface area contributed by atoms with Gasteiger partial charge in [0.1, 0.15) is 0 Å². The second-order valence-corrected chi connectivity index (χ2v) is 7.64. The Hall–Kier alpha value is -0.620. The number of aliphatic imine (C=N–C) groups is 1. The minimum Gasteiger partial charge on any atom is -0.469 e. The third-order valence-corrected chi connectivity index (χ3v) is 5.23. The number of hydrogen-bond acceptors (Lipinski definition) is 5. The number of carbonyl (C=O) groups excluding carboxylic acids is 1. The summed E-state index contributed by atoms with van der Waals surface area (Å²) in [6, 6.07) is 0. The number of methoxy groups -OCH3 is 1. The number of sulfonamides is 1. The van der Waals surface area contributed by atoms with E-state index in [1.165, 1.54) is 7.11 Å². The Labute approximate surface area is 161 Å². The fourth-order valence-electron chi connectivity index (χ4n) is 2.49. The third kappa shape index (κ3) is 7.09. The van der Waals surface area contributed by atoms with Crippen LogP contribution in [0.5, 0.6) is 0 Å². The Balaban J connectivity index is 0.00000529. The van der Waals surface area contributed by atoms with Crippen LogP contribution < -0.4 is 10.0 Å². The van der Waals surface area contributed by atoms with Gasteiger partial charge in [-0.2, -0.15) is 0 Å². The van der Waals surface area contributed by atoms with Crippen molar-refractivity contribution in [3.8, 4) is 0 Å². The second-order valence-electron chi connectivity index (χ2n) is 5.55. The van der Waals surface area contributed by atoms with Gasteiger partial charge >= 0.3 is 5.97 Å². The van der Waals surface area contributed by atoms with E-state index in [0.717, 1.165) is 0 Å². The van der Waals surface area contributed by atoms with Gasteiger partial charge in [-0.25, -0.2) is 13.1 Å². The summed E-state index contributed by atoms with van der Waals surface area (Å²) < 4.78 is 30.1. The SMILES string of the molecule is CCNC(=NCCNS(=O)(=O)CC)N1CC(C)C(C(=O)OC)C1.I. The van der Waals surface area contributed by atoms with Crippen LogP contribution in [-0.4, -0.2) is 70.8 Å². The van der Waals surface area contributed by atoms with E-state index >= 15 is 0 Å². The van der Waals surface area contributed by atoms with Crippen molar-refractivity contribution in [3.05, 3.63) is 0 Å². The van der Waals surface area contributed by atoms with Gasteiger partial charge in [0.05, 0.1) is 25.3 Å². The van der Waals surface area contributed by atoms with Gasteiger partial charge in [-0.05, 0) is 19.8 Å². The van der Waals surface area contributed by atoms with Crippen molar-refractivity contribution < 1.29 is 17.9 Å². The van der Waals surface area contributed by atoms with Crippen LogP contribution in [0, 0.1) is 11.8 Å². The predicted molar refractivity (Wildman–Crippen MR) is 105 cm³/mol. The van der Waals surface area contributed by atoms with Crippen molar-refractivity contribution in [2.45, 2.75) is 20.8 Å². The van der Waals surface area contributed by atoms with Gasteiger partial charge in [0.2, 0.25) is 10.0 Å². The largest absolute Gasteiger partial charge is 0.469 e. The van der Waals surface area contributed by atoms with E-state index < -0.39 is 10.0 Å². The number of nitrogens with one attached hydrogen (secondary N) is 2. The molecule has 1 saturated heterocycles. The number of ether oxygens (including phenoxy) is 1. The molecule has 10 heteroatoms. The molecule has 0 aromatic heterocycles. The molecular formula is C14H29IN4O4S. The van der Waals surface area contributed by atoms with E-state index in [1.54, 1.807) is 6.92 Å². The zero-order valence-corrected chi connectivity index (χ0v) is 17.9. The van der Waals surface area contributed by atoms with Crippen LogP contribution in [0.2, 0.25) is 0 Å². The Morgan fingerprint density at radius 2 is 2.00 bits per heavy atom. The molecule has 1 aliphatic heterocycles. The van der Waals surface area contributed by atoms with Gasteiger partial charge in [-0.15, -0.1) is 24.0 Å². The molecule has 0 saturated carbocycles. The molecule has 8 nitrogen and oxygen atoms in total. The molecule has 1 heterocycles. The second kappa shape index (κ2) is 11.1. The lowest BCUT2D eigenvalue weighted by Crippen LogP contribution is -2.41. The van der Waals surface area contributed by atoms with Crippen LogP contribution in [0.4, 0.5) is 0 Å². The Bertz CT molecular complexity index is 527. The van der Waals surface area contributed by atoms with Crippen LogP contribution >= 0.6 is 24.0 Å². The fraction of sp³-hybridized carbons (Fsp3) is 0.857. The number of esters is 1. The summed E-state index contributed by atoms with van der Waals surface area (Å²) in [5.74, 6) is 0.571. The van der Waals surface area contributed by atoms with E-state index in [1.807, 2.05) is 18.7 Å². The number of rotatable bonds is 7. The van der Waals surface area contributed by atoms with E-state index in [0.29, 0.717) is 32.1 Å². The van der Waals surface area contributed by atoms with Crippen molar-refractivity contribution in [1.82, 2.24) is 14.9 Å². The number of halogens is 1. The molecular weight excluding hydrogens is 447 g/mol. The normalized spacial score (nSPS) is 21.3. The highest BCUT2D eigenvalue weighted by Gasteiger charge is 2.36. The van der Waals surface area contributed by atoms with Gasteiger partial charge < -0.3 is 15.0 Å². The molecule has 0 bridgehead atoms. The molecule has 2 unspecified atom stereocenters. The van der Waals surface area contributed by atoms with Gasteiger partial charge in [0.25, 0.3) is 0 Å². The average molecular weight is 476 g/mol. The molecule has 1 aliphatic rings. The molecule has 142 valence electrons. The topological polar surface area (TPSA) is 100 Å². The summed E-state index contributed by atoms with van der Waals surface area (Å²) in [4.78, 5) is 18.2. The van der Waals surface area contributed by atoms with Crippen molar-refractivity contribution in [2.24, 2.45) is 16.8 Å². The van der Waals surface area contributed by atoms with E-state index in [9.17, 15) is 13.2 Å². The van der Waals surface area contributed by atoms with Crippen LogP contribution in [-0.2, 0) is 19.6 Å². The summed E-state index contributed by atoms with van der Waals surface area (Å²) in [6.07, 6.45) is 0. The highest BCUT2D eigenvalue weighted by molar-refractivity contribution is 14.0. The first-order chi connectivity index (χ1) is 10.8. The lowest BCUT2D eigenvalue weighted by atomic mass is 9.99. The summed E-state index contributed by atoms with van der Waals surface area (Å²) in [5.41, 5.74) is 0. The Kier molecular flexibility index (Phi) is 10.8. The highest BCUT2D eigenvalue weighted by Crippen LogP contribution is 2.24. The van der Waals surface area contributed by atoms with Crippen LogP contribution in [0.15, 0.2) is 4.99 Å². The molecule has 24 heavy (non-hydrogen) atoms.